The lowest BCUT2D eigenvalue weighted by molar-refractivity contribution is -0.148. The maximum absolute atomic E-state index is 11.5. The Balaban J connectivity index is 1.72. The number of hydrogen-bond donors (Lipinski definition) is 0. The van der Waals surface area contributed by atoms with Crippen LogP contribution >= 0.6 is 0 Å². The topological polar surface area (TPSA) is 43.4 Å². The maximum atomic E-state index is 11.5. The van der Waals surface area contributed by atoms with Gasteiger partial charge in [0.1, 0.15) is 18.8 Å². The molecule has 0 heterocycles. The first-order valence-electron chi connectivity index (χ1n) is 5.98. The molecule has 1 aliphatic rings. The molecule has 0 spiro atoms. The molecule has 3 nitrogen and oxygen atoms in total. The Morgan fingerprint density at radius 2 is 1.88 bits per heavy atom. The number of esters is 1. The van der Waals surface area contributed by atoms with E-state index in [1.165, 1.54) is 0 Å². The lowest BCUT2D eigenvalue weighted by atomic mass is 9.81. The fourth-order valence-electron chi connectivity index (χ4n) is 1.81. The Hall–Kier alpha value is -1.64. The smallest absolute Gasteiger partial charge is 0.313 e. The van der Waals surface area contributed by atoms with E-state index >= 15 is 0 Å². The predicted octanol–water partition coefficient (Wildman–Crippen LogP) is 2.49. The zero-order valence-electron chi connectivity index (χ0n) is 9.72. The third-order valence-corrected chi connectivity index (χ3v) is 3.12. The molecule has 2 rings (SSSR count). The Morgan fingerprint density at radius 1 is 1.18 bits per heavy atom. The van der Waals surface area contributed by atoms with E-state index in [-0.39, 0.29) is 24.7 Å². The van der Waals surface area contributed by atoms with Gasteiger partial charge in [-0.15, -0.1) is 0 Å². The molecule has 3 heteroatoms. The fraction of sp³-hybridized carbons (Fsp3) is 0.429. The lowest BCUT2D eigenvalue weighted by Crippen LogP contribution is -2.24. The molecule has 0 unspecified atom stereocenters. The van der Waals surface area contributed by atoms with Crippen LogP contribution in [0.15, 0.2) is 30.3 Å². The van der Waals surface area contributed by atoms with Crippen molar-refractivity contribution in [1.82, 2.24) is 0 Å². The van der Waals surface area contributed by atoms with Gasteiger partial charge in [-0.1, -0.05) is 36.8 Å². The molecular formula is C14H16O3. The Labute approximate surface area is 101 Å². The van der Waals surface area contributed by atoms with Crippen molar-refractivity contribution in [2.75, 3.05) is 0 Å². The van der Waals surface area contributed by atoms with E-state index in [1.807, 2.05) is 30.3 Å². The molecular weight excluding hydrogens is 216 g/mol. The molecule has 0 saturated heterocycles. The molecule has 17 heavy (non-hydrogen) atoms. The number of carbonyl (C=O) groups excluding carboxylic acids is 2. The van der Waals surface area contributed by atoms with Crippen molar-refractivity contribution in [3.05, 3.63) is 35.9 Å². The summed E-state index contributed by atoms with van der Waals surface area (Å²) in [6, 6.07) is 9.47. The monoisotopic (exact) mass is 232 g/mol. The van der Waals surface area contributed by atoms with Gasteiger partial charge in [0, 0.05) is 5.92 Å². The van der Waals surface area contributed by atoms with Gasteiger partial charge >= 0.3 is 5.97 Å². The van der Waals surface area contributed by atoms with Crippen molar-refractivity contribution in [3.8, 4) is 0 Å². The molecule has 90 valence electrons. The number of rotatable bonds is 5. The molecule has 0 aliphatic heterocycles. The summed E-state index contributed by atoms with van der Waals surface area (Å²) in [7, 11) is 0. The average Bonchev–Trinajstić information content (AvgIpc) is 2.25. The zero-order valence-corrected chi connectivity index (χ0v) is 9.72. The van der Waals surface area contributed by atoms with E-state index in [9.17, 15) is 9.59 Å². The van der Waals surface area contributed by atoms with E-state index in [1.54, 1.807) is 0 Å². The normalized spacial score (nSPS) is 15.1. The van der Waals surface area contributed by atoms with Crippen molar-refractivity contribution in [2.45, 2.75) is 32.3 Å². The number of ether oxygens (including phenoxy) is 1. The lowest BCUT2D eigenvalue weighted by Gasteiger charge is -2.23. The number of Topliss-reactive ketones (excluding diaryl/α,β-unsaturated/α-hetero) is 1. The van der Waals surface area contributed by atoms with Gasteiger partial charge in [0.25, 0.3) is 0 Å². The van der Waals surface area contributed by atoms with E-state index in [4.69, 9.17) is 4.74 Å². The minimum absolute atomic E-state index is 0.0364. The number of hydrogen-bond acceptors (Lipinski definition) is 3. The molecule has 1 aliphatic carbocycles. The predicted molar refractivity (Wildman–Crippen MR) is 63.2 cm³/mol. The zero-order chi connectivity index (χ0) is 12.1. The molecule has 0 bridgehead atoms. The number of ketones is 1. The van der Waals surface area contributed by atoms with Crippen LogP contribution in [0, 0.1) is 5.92 Å². The number of benzene rings is 1. The van der Waals surface area contributed by atoms with Crippen molar-refractivity contribution in [2.24, 2.45) is 5.92 Å². The molecule has 0 N–H and O–H groups in total. The Morgan fingerprint density at radius 3 is 2.47 bits per heavy atom. The van der Waals surface area contributed by atoms with Crippen LogP contribution in [0.3, 0.4) is 0 Å². The molecule has 1 aromatic rings. The Kier molecular flexibility index (Phi) is 3.91. The van der Waals surface area contributed by atoms with Crippen molar-refractivity contribution in [3.63, 3.8) is 0 Å². The summed E-state index contributed by atoms with van der Waals surface area (Å²) in [5.41, 5.74) is 0.942. The molecule has 0 atom stereocenters. The quantitative estimate of drug-likeness (QED) is 0.578. The first kappa shape index (κ1) is 11.8. The molecule has 0 amide bonds. The highest BCUT2D eigenvalue weighted by Crippen LogP contribution is 2.28. The number of carbonyl (C=O) groups is 2. The summed E-state index contributed by atoms with van der Waals surface area (Å²) in [4.78, 5) is 23.0. The third kappa shape index (κ3) is 3.41. The van der Waals surface area contributed by atoms with Crippen LogP contribution in [0.4, 0.5) is 0 Å². The van der Waals surface area contributed by atoms with Crippen LogP contribution in [-0.4, -0.2) is 11.8 Å². The summed E-state index contributed by atoms with van der Waals surface area (Å²) in [6.45, 7) is 0.248. The molecule has 1 aromatic carbocycles. The van der Waals surface area contributed by atoms with Crippen molar-refractivity contribution in [1.29, 1.82) is 0 Å². The van der Waals surface area contributed by atoms with Crippen LogP contribution in [0.25, 0.3) is 0 Å². The second kappa shape index (κ2) is 5.62. The summed E-state index contributed by atoms with van der Waals surface area (Å²) < 4.78 is 5.06. The standard InChI is InChI=1S/C14H16O3/c15-13(12-7-4-8-12)9-14(16)17-10-11-5-2-1-3-6-11/h1-3,5-6,12H,4,7-10H2. The summed E-state index contributed by atoms with van der Waals surface area (Å²) >= 11 is 0. The molecule has 1 fully saturated rings. The van der Waals surface area contributed by atoms with Gasteiger partial charge in [-0.25, -0.2) is 0 Å². The van der Waals surface area contributed by atoms with Crippen LogP contribution in [0.2, 0.25) is 0 Å². The van der Waals surface area contributed by atoms with Gasteiger partial charge in [-0.2, -0.15) is 0 Å². The van der Waals surface area contributed by atoms with Crippen LogP contribution in [0.5, 0.6) is 0 Å². The third-order valence-electron chi connectivity index (χ3n) is 3.12. The highest BCUT2D eigenvalue weighted by molar-refractivity contribution is 5.97. The molecule has 0 aromatic heterocycles. The first-order chi connectivity index (χ1) is 8.25. The maximum Gasteiger partial charge on any atom is 0.313 e. The summed E-state index contributed by atoms with van der Waals surface area (Å²) in [5.74, 6) is -0.264. The highest BCUT2D eigenvalue weighted by Gasteiger charge is 2.26. The van der Waals surface area contributed by atoms with Gasteiger partial charge in [-0.05, 0) is 18.4 Å². The largest absolute Gasteiger partial charge is 0.460 e. The summed E-state index contributed by atoms with van der Waals surface area (Å²) in [5, 5.41) is 0. The highest BCUT2D eigenvalue weighted by atomic mass is 16.5. The van der Waals surface area contributed by atoms with Gasteiger partial charge < -0.3 is 4.74 Å². The minimum atomic E-state index is -0.411. The van der Waals surface area contributed by atoms with Crippen LogP contribution in [-0.2, 0) is 20.9 Å². The first-order valence-corrected chi connectivity index (χ1v) is 5.98. The summed E-state index contributed by atoms with van der Waals surface area (Å²) in [6.07, 6.45) is 2.91. The van der Waals surface area contributed by atoms with Crippen LogP contribution < -0.4 is 0 Å². The molecule has 0 radical (unpaired) electrons. The minimum Gasteiger partial charge on any atom is -0.460 e. The Bertz CT molecular complexity index is 393. The second-order valence-corrected chi connectivity index (χ2v) is 4.42. The van der Waals surface area contributed by atoms with Crippen molar-refractivity contribution < 1.29 is 14.3 Å². The SMILES string of the molecule is O=C(CC(=O)C1CCC1)OCc1ccccc1. The average molecular weight is 232 g/mol. The fourth-order valence-corrected chi connectivity index (χ4v) is 1.81. The van der Waals surface area contributed by atoms with Gasteiger partial charge in [0.15, 0.2) is 0 Å². The second-order valence-electron chi connectivity index (χ2n) is 4.42. The van der Waals surface area contributed by atoms with E-state index < -0.39 is 5.97 Å². The van der Waals surface area contributed by atoms with Crippen molar-refractivity contribution >= 4 is 11.8 Å². The van der Waals surface area contributed by atoms with Gasteiger partial charge in [0.05, 0.1) is 0 Å². The van der Waals surface area contributed by atoms with Gasteiger partial charge in [0.2, 0.25) is 0 Å². The van der Waals surface area contributed by atoms with E-state index in [0.29, 0.717) is 0 Å². The molecule has 1 saturated carbocycles. The van der Waals surface area contributed by atoms with Gasteiger partial charge in [-0.3, -0.25) is 9.59 Å². The van der Waals surface area contributed by atoms with E-state index in [2.05, 4.69) is 0 Å². The van der Waals surface area contributed by atoms with E-state index in [0.717, 1.165) is 24.8 Å². The van der Waals surface area contributed by atoms with Crippen LogP contribution in [0.1, 0.15) is 31.2 Å².